The molecule has 1 heterocycles. The van der Waals surface area contributed by atoms with Crippen LogP contribution in [0.5, 0.6) is 0 Å². The van der Waals surface area contributed by atoms with Gasteiger partial charge in [-0.3, -0.25) is 4.98 Å². The Morgan fingerprint density at radius 3 is 2.75 bits per heavy atom. The second kappa shape index (κ2) is 4.98. The number of nitrogens with zero attached hydrogens (tertiary/aromatic N) is 1. The Hall–Kier alpha value is -2.33. The predicted molar refractivity (Wildman–Crippen MR) is 80.8 cm³/mol. The molecule has 0 saturated heterocycles. The van der Waals surface area contributed by atoms with Gasteiger partial charge in [-0.2, -0.15) is 0 Å². The number of fused-ring (bicyclic) bond motifs is 1. The smallest absolute Gasteiger partial charge is 0.148 e. The molecular formula is C15H11ClFN3. The molecule has 3 rings (SSSR count). The number of hydrogen-bond donors (Lipinski definition) is 2. The average molecular weight is 288 g/mol. The maximum absolute atomic E-state index is 13.8. The summed E-state index contributed by atoms with van der Waals surface area (Å²) in [4.78, 5) is 4.24. The number of halogens is 2. The molecule has 0 bridgehead atoms. The van der Waals surface area contributed by atoms with E-state index >= 15 is 0 Å². The van der Waals surface area contributed by atoms with Crippen molar-refractivity contribution in [2.24, 2.45) is 0 Å². The third kappa shape index (κ3) is 2.14. The van der Waals surface area contributed by atoms with Crippen LogP contribution in [0.1, 0.15) is 0 Å². The van der Waals surface area contributed by atoms with E-state index < -0.39 is 5.82 Å². The number of hydrogen-bond acceptors (Lipinski definition) is 3. The van der Waals surface area contributed by atoms with Gasteiger partial charge in [0, 0.05) is 17.3 Å². The third-order valence-electron chi connectivity index (χ3n) is 3.02. The molecule has 0 aliphatic carbocycles. The molecule has 2 aromatic carbocycles. The summed E-state index contributed by atoms with van der Waals surface area (Å²) in [7, 11) is 0. The number of aromatic nitrogens is 1. The lowest BCUT2D eigenvalue weighted by Crippen LogP contribution is -1.98. The van der Waals surface area contributed by atoms with Gasteiger partial charge in [-0.25, -0.2) is 4.39 Å². The zero-order valence-corrected chi connectivity index (χ0v) is 11.2. The van der Waals surface area contributed by atoms with E-state index in [4.69, 9.17) is 17.3 Å². The van der Waals surface area contributed by atoms with E-state index in [0.29, 0.717) is 21.9 Å². The van der Waals surface area contributed by atoms with E-state index in [1.54, 1.807) is 36.5 Å². The van der Waals surface area contributed by atoms with Gasteiger partial charge < -0.3 is 11.1 Å². The lowest BCUT2D eigenvalue weighted by Gasteiger charge is -2.12. The molecule has 0 atom stereocenters. The fourth-order valence-electron chi connectivity index (χ4n) is 2.06. The van der Waals surface area contributed by atoms with Crippen molar-refractivity contribution in [2.45, 2.75) is 0 Å². The summed E-state index contributed by atoms with van der Waals surface area (Å²) in [6.45, 7) is 0. The van der Waals surface area contributed by atoms with Gasteiger partial charge in [0.05, 0.1) is 21.9 Å². The van der Waals surface area contributed by atoms with E-state index in [2.05, 4.69) is 10.3 Å². The summed E-state index contributed by atoms with van der Waals surface area (Å²) in [6.07, 6.45) is 1.67. The van der Waals surface area contributed by atoms with Crippen LogP contribution >= 0.6 is 11.6 Å². The Bertz CT molecular complexity index is 769. The van der Waals surface area contributed by atoms with Gasteiger partial charge in [-0.1, -0.05) is 17.7 Å². The van der Waals surface area contributed by atoms with Crippen LogP contribution in [-0.4, -0.2) is 4.98 Å². The molecule has 0 aliphatic heterocycles. The molecule has 3 aromatic rings. The molecule has 0 fully saturated rings. The van der Waals surface area contributed by atoms with Crippen molar-refractivity contribution in [2.75, 3.05) is 11.1 Å². The van der Waals surface area contributed by atoms with Gasteiger partial charge in [0.15, 0.2) is 0 Å². The van der Waals surface area contributed by atoms with Crippen LogP contribution in [0.25, 0.3) is 10.9 Å². The van der Waals surface area contributed by atoms with E-state index in [-0.39, 0.29) is 5.69 Å². The van der Waals surface area contributed by atoms with Gasteiger partial charge in [0.25, 0.3) is 0 Å². The quantitative estimate of drug-likeness (QED) is 0.689. The molecule has 0 aliphatic rings. The minimum Gasteiger partial charge on any atom is -0.397 e. The molecule has 3 N–H and O–H groups in total. The molecular weight excluding hydrogens is 277 g/mol. The maximum Gasteiger partial charge on any atom is 0.148 e. The van der Waals surface area contributed by atoms with Crippen molar-refractivity contribution in [1.29, 1.82) is 0 Å². The van der Waals surface area contributed by atoms with Gasteiger partial charge in [0.2, 0.25) is 0 Å². The van der Waals surface area contributed by atoms with E-state index in [1.165, 1.54) is 6.07 Å². The lowest BCUT2D eigenvalue weighted by molar-refractivity contribution is 0.632. The molecule has 100 valence electrons. The minimum absolute atomic E-state index is 0.240. The van der Waals surface area contributed by atoms with Crippen LogP contribution in [0.4, 0.5) is 21.5 Å². The standard InChI is InChI=1S/C15H11ClFN3/c16-10-4-1-5-11(17)15(10)20-13-7-6-12(18)14-9(13)3-2-8-19-14/h1-8,20H,18H2. The first-order chi connectivity index (χ1) is 9.66. The van der Waals surface area contributed by atoms with E-state index in [9.17, 15) is 4.39 Å². The van der Waals surface area contributed by atoms with Crippen LogP contribution in [-0.2, 0) is 0 Å². The molecule has 0 saturated carbocycles. The summed E-state index contributed by atoms with van der Waals surface area (Å²) in [5.41, 5.74) is 8.08. The minimum atomic E-state index is -0.411. The maximum atomic E-state index is 13.8. The number of rotatable bonds is 2. The summed E-state index contributed by atoms with van der Waals surface area (Å²) in [5, 5.41) is 4.14. The van der Waals surface area contributed by atoms with E-state index in [0.717, 1.165) is 5.39 Å². The predicted octanol–water partition coefficient (Wildman–Crippen LogP) is 4.35. The number of nitrogen functional groups attached to an aromatic ring is 1. The van der Waals surface area contributed by atoms with Crippen molar-refractivity contribution in [1.82, 2.24) is 4.98 Å². The molecule has 1 aromatic heterocycles. The normalized spacial score (nSPS) is 10.7. The fraction of sp³-hybridized carbons (Fsp3) is 0. The summed E-state index contributed by atoms with van der Waals surface area (Å²) >= 11 is 6.02. The topological polar surface area (TPSA) is 50.9 Å². The Morgan fingerprint density at radius 2 is 1.95 bits per heavy atom. The first-order valence-electron chi connectivity index (χ1n) is 6.01. The third-order valence-corrected chi connectivity index (χ3v) is 3.34. The highest BCUT2D eigenvalue weighted by Crippen LogP contribution is 2.32. The van der Waals surface area contributed by atoms with Crippen molar-refractivity contribution in [3.8, 4) is 0 Å². The number of pyridine rings is 1. The molecule has 0 unspecified atom stereocenters. The monoisotopic (exact) mass is 287 g/mol. The summed E-state index contributed by atoms with van der Waals surface area (Å²) in [6, 6.07) is 11.7. The van der Waals surface area contributed by atoms with Crippen LogP contribution in [0.15, 0.2) is 48.7 Å². The average Bonchev–Trinajstić information content (AvgIpc) is 2.46. The molecule has 20 heavy (non-hydrogen) atoms. The van der Waals surface area contributed by atoms with Crippen molar-refractivity contribution in [3.05, 3.63) is 59.5 Å². The highest BCUT2D eigenvalue weighted by atomic mass is 35.5. The van der Waals surface area contributed by atoms with Crippen LogP contribution < -0.4 is 11.1 Å². The summed E-state index contributed by atoms with van der Waals surface area (Å²) in [5.74, 6) is -0.411. The van der Waals surface area contributed by atoms with Gasteiger partial charge in [-0.15, -0.1) is 0 Å². The SMILES string of the molecule is Nc1ccc(Nc2c(F)cccc2Cl)c2cccnc12. The fourth-order valence-corrected chi connectivity index (χ4v) is 2.27. The van der Waals surface area contributed by atoms with Crippen molar-refractivity contribution in [3.63, 3.8) is 0 Å². The summed E-state index contributed by atoms with van der Waals surface area (Å²) < 4.78 is 13.8. The van der Waals surface area contributed by atoms with Gasteiger partial charge in [-0.05, 0) is 36.4 Å². The van der Waals surface area contributed by atoms with Crippen LogP contribution in [0.3, 0.4) is 0 Å². The number of para-hydroxylation sites is 1. The second-order valence-electron chi connectivity index (χ2n) is 4.32. The van der Waals surface area contributed by atoms with Crippen molar-refractivity contribution >= 4 is 39.6 Å². The Morgan fingerprint density at radius 1 is 1.10 bits per heavy atom. The molecule has 5 heteroatoms. The van der Waals surface area contributed by atoms with E-state index in [1.807, 2.05) is 6.07 Å². The Labute approximate surface area is 120 Å². The van der Waals surface area contributed by atoms with Gasteiger partial charge >= 0.3 is 0 Å². The zero-order chi connectivity index (χ0) is 14.1. The number of anilines is 3. The molecule has 0 radical (unpaired) electrons. The lowest BCUT2D eigenvalue weighted by atomic mass is 10.1. The second-order valence-corrected chi connectivity index (χ2v) is 4.73. The Balaban J connectivity index is 2.14. The first kappa shape index (κ1) is 12.7. The van der Waals surface area contributed by atoms with Crippen LogP contribution in [0, 0.1) is 5.82 Å². The number of benzene rings is 2. The molecule has 0 amide bonds. The first-order valence-corrected chi connectivity index (χ1v) is 6.39. The van der Waals surface area contributed by atoms with Crippen LogP contribution in [0.2, 0.25) is 5.02 Å². The Kier molecular flexibility index (Phi) is 3.16. The number of nitrogens with one attached hydrogen (secondary N) is 1. The largest absolute Gasteiger partial charge is 0.397 e. The highest BCUT2D eigenvalue weighted by Gasteiger charge is 2.10. The zero-order valence-electron chi connectivity index (χ0n) is 10.4. The van der Waals surface area contributed by atoms with Crippen molar-refractivity contribution < 1.29 is 4.39 Å². The molecule has 3 nitrogen and oxygen atoms in total. The number of nitrogens with two attached hydrogens (primary N) is 1. The molecule has 0 spiro atoms. The highest BCUT2D eigenvalue weighted by molar-refractivity contribution is 6.33. The van der Waals surface area contributed by atoms with Gasteiger partial charge in [0.1, 0.15) is 5.82 Å².